The molecule has 1 rings (SSSR count). The summed E-state index contributed by atoms with van der Waals surface area (Å²) in [5, 5.41) is 0.934. The van der Waals surface area contributed by atoms with Crippen molar-refractivity contribution < 1.29 is 26.1 Å². The van der Waals surface area contributed by atoms with Gasteiger partial charge in [-0.1, -0.05) is 0 Å². The molecule has 0 bridgehead atoms. The molecule has 0 unspecified atom stereocenters. The van der Waals surface area contributed by atoms with Crippen molar-refractivity contribution in [2.24, 2.45) is 0 Å². The molecule has 0 nitrogen and oxygen atoms in total. The molecule has 43 valence electrons. The zero-order valence-corrected chi connectivity index (χ0v) is 11.6. The second-order valence-corrected chi connectivity index (χ2v) is 5.46. The van der Waals surface area contributed by atoms with Crippen LogP contribution in [0.15, 0.2) is 18.2 Å². The van der Waals surface area contributed by atoms with Gasteiger partial charge in [-0.05, 0) is 0 Å². The predicted octanol–water partition coefficient (Wildman–Crippen LogP) is 1.82. The average Bonchev–Trinajstić information content (AvgIpc) is 1.80. The number of hydrogen-bond acceptors (Lipinski definition) is 0. The van der Waals surface area contributed by atoms with Crippen molar-refractivity contribution in [2.45, 2.75) is 6.92 Å². The Labute approximate surface area is 76.2 Å². The Morgan fingerprint density at radius 2 is 2.11 bits per heavy atom. The van der Waals surface area contributed by atoms with Gasteiger partial charge < -0.3 is 0 Å². The molecule has 0 spiro atoms. The summed E-state index contributed by atoms with van der Waals surface area (Å²) in [5.41, 5.74) is 1.31. The van der Waals surface area contributed by atoms with Gasteiger partial charge in [0, 0.05) is 0 Å². The molecule has 0 heterocycles. The Morgan fingerprint density at radius 3 is 2.56 bits per heavy atom. The molecule has 2 heteroatoms. The quantitative estimate of drug-likeness (QED) is 0.638. The van der Waals surface area contributed by atoms with E-state index in [1.165, 1.54) is 8.64 Å². The van der Waals surface area contributed by atoms with Crippen molar-refractivity contribution in [3.63, 3.8) is 0 Å². The van der Waals surface area contributed by atoms with Crippen LogP contribution in [0.2, 0.25) is 5.02 Å². The summed E-state index contributed by atoms with van der Waals surface area (Å²) in [6.07, 6.45) is 0. The molecule has 0 N–H and O–H groups in total. The number of hydrogen-bond donors (Lipinski definition) is 0. The van der Waals surface area contributed by atoms with Gasteiger partial charge in [0.1, 0.15) is 0 Å². The zero-order chi connectivity index (χ0) is 6.85. The first-order valence-corrected chi connectivity index (χ1v) is 5.91. The van der Waals surface area contributed by atoms with Crippen LogP contribution in [-0.4, -0.2) is 0 Å². The van der Waals surface area contributed by atoms with Crippen molar-refractivity contribution in [1.82, 2.24) is 0 Å². The standard InChI is InChI=1S/C7H6Cl.Hg/c1-6-2-4-7(8)5-3-6;/h2-4H,1H3;. The van der Waals surface area contributed by atoms with Crippen LogP contribution in [0.1, 0.15) is 5.56 Å². The summed E-state index contributed by atoms with van der Waals surface area (Å²) in [6, 6.07) is 6.17. The fourth-order valence-corrected chi connectivity index (χ4v) is 2.53. The third-order valence-corrected chi connectivity index (χ3v) is 4.72. The summed E-state index contributed by atoms with van der Waals surface area (Å²) < 4.78 is 1.34. The van der Waals surface area contributed by atoms with Crippen molar-refractivity contribution in [1.29, 1.82) is 0 Å². The van der Waals surface area contributed by atoms with Crippen LogP contribution in [0.4, 0.5) is 0 Å². The fourth-order valence-electron chi connectivity index (χ4n) is 0.704. The van der Waals surface area contributed by atoms with E-state index < -0.39 is 0 Å². The van der Waals surface area contributed by atoms with Crippen LogP contribution in [-0.2, 0) is 26.1 Å². The first kappa shape index (κ1) is 7.55. The SMILES string of the molecule is Cc1ccc(Cl)[c]([Hg])c1. The van der Waals surface area contributed by atoms with E-state index in [4.69, 9.17) is 11.6 Å². The van der Waals surface area contributed by atoms with Crippen LogP contribution in [0.5, 0.6) is 0 Å². The van der Waals surface area contributed by atoms with E-state index in [1.807, 2.05) is 12.1 Å². The Morgan fingerprint density at radius 1 is 1.44 bits per heavy atom. The Bertz CT molecular complexity index is 220. The third-order valence-electron chi connectivity index (χ3n) is 1.20. The summed E-state index contributed by atoms with van der Waals surface area (Å²) in [6.45, 7) is 2.09. The van der Waals surface area contributed by atoms with Crippen molar-refractivity contribution in [3.8, 4) is 0 Å². The van der Waals surface area contributed by atoms with Crippen LogP contribution in [0.25, 0.3) is 0 Å². The predicted molar refractivity (Wildman–Crippen MR) is 35.8 cm³/mol. The summed E-state index contributed by atoms with van der Waals surface area (Å²) in [5.74, 6) is 0. The minimum atomic E-state index is 0.656. The second kappa shape index (κ2) is 3.02. The first-order chi connectivity index (χ1) is 4.20. The van der Waals surface area contributed by atoms with E-state index in [-0.39, 0.29) is 0 Å². The van der Waals surface area contributed by atoms with Crippen molar-refractivity contribution in [2.75, 3.05) is 0 Å². The van der Waals surface area contributed by atoms with Gasteiger partial charge in [0.05, 0.1) is 0 Å². The molecule has 0 saturated carbocycles. The molecule has 0 radical (unpaired) electrons. The van der Waals surface area contributed by atoms with E-state index in [0.29, 0.717) is 26.1 Å². The number of rotatable bonds is 0. The summed E-state index contributed by atoms with van der Waals surface area (Å²) >= 11 is 6.49. The van der Waals surface area contributed by atoms with Gasteiger partial charge in [0.15, 0.2) is 0 Å². The van der Waals surface area contributed by atoms with Gasteiger partial charge in [0.25, 0.3) is 0 Å². The zero-order valence-electron chi connectivity index (χ0n) is 5.32. The van der Waals surface area contributed by atoms with Gasteiger partial charge in [-0.15, -0.1) is 0 Å². The molecule has 0 fully saturated rings. The molecule has 0 saturated heterocycles. The average molecular weight is 326 g/mol. The van der Waals surface area contributed by atoms with Gasteiger partial charge >= 0.3 is 76.5 Å². The van der Waals surface area contributed by atoms with E-state index in [0.717, 1.165) is 5.02 Å². The molecule has 1 aromatic carbocycles. The maximum atomic E-state index is 5.83. The summed E-state index contributed by atoms with van der Waals surface area (Å²) in [4.78, 5) is 0. The summed E-state index contributed by atoms with van der Waals surface area (Å²) in [7, 11) is 0. The number of aryl methyl sites for hydroxylation is 1. The fraction of sp³-hybridized carbons (Fsp3) is 0.143. The molecular weight excluding hydrogens is 320 g/mol. The Hall–Kier alpha value is 0.445. The molecule has 0 amide bonds. The molecule has 1 aromatic rings. The molecule has 0 aromatic heterocycles. The van der Waals surface area contributed by atoms with E-state index >= 15 is 0 Å². The molecule has 0 aliphatic rings. The van der Waals surface area contributed by atoms with Crippen LogP contribution in [0.3, 0.4) is 0 Å². The second-order valence-electron chi connectivity index (χ2n) is 2.09. The van der Waals surface area contributed by atoms with E-state index in [1.54, 1.807) is 0 Å². The number of benzene rings is 1. The minimum absolute atomic E-state index is 0.656. The number of halogens is 1. The van der Waals surface area contributed by atoms with Gasteiger partial charge in [-0.2, -0.15) is 0 Å². The molecule has 9 heavy (non-hydrogen) atoms. The molecular formula is C7H6ClHg. The van der Waals surface area contributed by atoms with Crippen LogP contribution < -0.4 is 3.07 Å². The van der Waals surface area contributed by atoms with E-state index in [9.17, 15) is 0 Å². The maximum absolute atomic E-state index is 5.83. The van der Waals surface area contributed by atoms with Gasteiger partial charge in [-0.25, -0.2) is 0 Å². The van der Waals surface area contributed by atoms with Crippen LogP contribution in [0, 0.1) is 6.92 Å². The monoisotopic (exact) mass is 327 g/mol. The van der Waals surface area contributed by atoms with Crippen LogP contribution >= 0.6 is 11.6 Å². The topological polar surface area (TPSA) is 0 Å². The molecule has 0 aliphatic carbocycles. The Kier molecular flexibility index (Phi) is 2.54. The molecule has 0 aliphatic heterocycles. The van der Waals surface area contributed by atoms with Gasteiger partial charge in [-0.3, -0.25) is 0 Å². The van der Waals surface area contributed by atoms with Gasteiger partial charge in [0.2, 0.25) is 0 Å². The first-order valence-electron chi connectivity index (χ1n) is 2.78. The Balaban J connectivity index is 3.17. The van der Waals surface area contributed by atoms with Crippen molar-refractivity contribution in [3.05, 3.63) is 28.8 Å². The normalized spacial score (nSPS) is 9.78. The van der Waals surface area contributed by atoms with Crippen molar-refractivity contribution >= 4 is 14.7 Å². The third kappa shape index (κ3) is 1.94. The molecule has 0 atom stereocenters. The van der Waals surface area contributed by atoms with E-state index in [2.05, 4.69) is 13.0 Å².